The van der Waals surface area contributed by atoms with Crippen LogP contribution in [0.2, 0.25) is 0 Å². The van der Waals surface area contributed by atoms with Crippen molar-refractivity contribution in [3.8, 4) is 0 Å². The summed E-state index contributed by atoms with van der Waals surface area (Å²) in [5.41, 5.74) is 0.610. The predicted molar refractivity (Wildman–Crippen MR) is 116 cm³/mol. The van der Waals surface area contributed by atoms with Gasteiger partial charge in [0.1, 0.15) is 0 Å². The Kier molecular flexibility index (Phi) is 7.67. The third-order valence-corrected chi connectivity index (χ3v) is 7.76. The molecule has 3 rings (SSSR count). The Hall–Kier alpha value is -1.48. The zero-order chi connectivity index (χ0) is 20.9. The molecule has 0 radical (unpaired) electrons. The van der Waals surface area contributed by atoms with Crippen molar-refractivity contribution >= 4 is 21.4 Å². The molecule has 0 spiro atoms. The fourth-order valence-corrected chi connectivity index (χ4v) is 5.63. The van der Waals surface area contributed by atoms with Crippen LogP contribution in [0.1, 0.15) is 26.2 Å². The molecule has 2 aliphatic rings. The number of rotatable bonds is 7. The molecule has 2 saturated heterocycles. The molecule has 0 bridgehead atoms. The maximum Gasteiger partial charge on any atom is 0.221 e. The Labute approximate surface area is 175 Å². The van der Waals surface area contributed by atoms with Gasteiger partial charge in [-0.15, -0.1) is 0 Å². The molecule has 1 amide bonds. The van der Waals surface area contributed by atoms with Gasteiger partial charge in [0.05, 0.1) is 10.6 Å². The highest BCUT2D eigenvalue weighted by molar-refractivity contribution is 7.91. The Bertz CT molecular complexity index is 774. The summed E-state index contributed by atoms with van der Waals surface area (Å²) in [6, 6.07) is 7.09. The van der Waals surface area contributed by atoms with E-state index in [1.165, 1.54) is 32.9 Å². The first kappa shape index (κ1) is 22.2. The van der Waals surface area contributed by atoms with Crippen LogP contribution < -0.4 is 5.32 Å². The number of hydrogen-bond donors (Lipinski definition) is 1. The van der Waals surface area contributed by atoms with Crippen LogP contribution in [0.5, 0.6) is 0 Å². The molecule has 1 unspecified atom stereocenters. The van der Waals surface area contributed by atoms with E-state index in [9.17, 15) is 13.2 Å². The third-order valence-electron chi connectivity index (χ3n) is 5.94. The summed E-state index contributed by atoms with van der Waals surface area (Å²) in [5, 5.41) is 2.65. The van der Waals surface area contributed by atoms with Crippen LogP contribution in [0.4, 0.5) is 5.69 Å². The van der Waals surface area contributed by atoms with Crippen molar-refractivity contribution in [1.82, 2.24) is 14.7 Å². The van der Waals surface area contributed by atoms with Crippen molar-refractivity contribution < 1.29 is 13.2 Å². The van der Waals surface area contributed by atoms with Gasteiger partial charge in [0.25, 0.3) is 0 Å². The van der Waals surface area contributed by atoms with E-state index in [2.05, 4.69) is 27.1 Å². The van der Waals surface area contributed by atoms with Gasteiger partial charge in [0.15, 0.2) is 9.84 Å². The number of piperidine rings is 1. The second-order valence-corrected chi connectivity index (χ2v) is 10.4. The van der Waals surface area contributed by atoms with Crippen LogP contribution in [0.15, 0.2) is 29.2 Å². The maximum absolute atomic E-state index is 12.6. The number of anilines is 1. The SMILES string of the molecule is CC(=O)Nc1ccc(S(=O)(=O)CCCN2CCN(C3CCCN(C)C3)CC2)cc1. The average Bonchev–Trinajstić information content (AvgIpc) is 2.68. The first-order valence-electron chi connectivity index (χ1n) is 10.6. The van der Waals surface area contributed by atoms with Gasteiger partial charge in [-0.25, -0.2) is 8.42 Å². The van der Waals surface area contributed by atoms with Crippen molar-refractivity contribution in [3.05, 3.63) is 24.3 Å². The topological polar surface area (TPSA) is 73.0 Å². The highest BCUT2D eigenvalue weighted by Crippen LogP contribution is 2.18. The lowest BCUT2D eigenvalue weighted by Gasteiger charge is -2.42. The molecule has 1 aromatic carbocycles. The molecular formula is C21H34N4O3S. The summed E-state index contributed by atoms with van der Waals surface area (Å²) >= 11 is 0. The summed E-state index contributed by atoms with van der Waals surface area (Å²) in [6.45, 7) is 8.82. The van der Waals surface area contributed by atoms with Crippen LogP contribution >= 0.6 is 0 Å². The number of nitrogens with one attached hydrogen (secondary N) is 1. The molecule has 2 fully saturated rings. The minimum absolute atomic E-state index is 0.153. The van der Waals surface area contributed by atoms with Gasteiger partial charge in [0.2, 0.25) is 5.91 Å². The molecule has 7 nitrogen and oxygen atoms in total. The van der Waals surface area contributed by atoms with E-state index in [1.807, 2.05) is 0 Å². The van der Waals surface area contributed by atoms with Gasteiger partial charge in [-0.05, 0) is 63.7 Å². The molecule has 0 aliphatic carbocycles. The molecule has 0 saturated carbocycles. The van der Waals surface area contributed by atoms with Crippen molar-refractivity contribution in [2.75, 3.05) is 63.9 Å². The maximum atomic E-state index is 12.6. The van der Waals surface area contributed by atoms with Crippen molar-refractivity contribution in [1.29, 1.82) is 0 Å². The number of carbonyl (C=O) groups excluding carboxylic acids is 1. The quantitative estimate of drug-likeness (QED) is 0.718. The van der Waals surface area contributed by atoms with Gasteiger partial charge in [-0.3, -0.25) is 9.69 Å². The Morgan fingerprint density at radius 3 is 2.41 bits per heavy atom. The molecule has 29 heavy (non-hydrogen) atoms. The van der Waals surface area contributed by atoms with Gasteiger partial charge in [0, 0.05) is 51.4 Å². The molecule has 8 heteroatoms. The third kappa shape index (κ3) is 6.50. The minimum atomic E-state index is -3.30. The number of piperazine rings is 1. The lowest BCUT2D eigenvalue weighted by molar-refractivity contribution is -0.114. The van der Waals surface area contributed by atoms with Crippen LogP contribution in [-0.4, -0.2) is 93.7 Å². The summed E-state index contributed by atoms with van der Waals surface area (Å²) in [5.74, 6) is -0.0173. The normalized spacial score (nSPS) is 22.5. The molecule has 0 aromatic heterocycles. The van der Waals surface area contributed by atoms with Crippen LogP contribution in [0.25, 0.3) is 0 Å². The summed E-state index contributed by atoms with van der Waals surface area (Å²) < 4.78 is 25.2. The zero-order valence-electron chi connectivity index (χ0n) is 17.6. The predicted octanol–water partition coefficient (Wildman–Crippen LogP) is 1.52. The Morgan fingerprint density at radius 1 is 1.10 bits per heavy atom. The molecule has 1 aromatic rings. The lowest BCUT2D eigenvalue weighted by Crippen LogP contribution is -2.54. The smallest absolute Gasteiger partial charge is 0.221 e. The second kappa shape index (κ2) is 10.0. The second-order valence-electron chi connectivity index (χ2n) is 8.31. The molecule has 162 valence electrons. The van der Waals surface area contributed by atoms with E-state index in [0.717, 1.165) is 32.7 Å². The van der Waals surface area contributed by atoms with Gasteiger partial charge >= 0.3 is 0 Å². The molecule has 1 N–H and O–H groups in total. The fourth-order valence-electron chi connectivity index (χ4n) is 4.33. The number of amides is 1. The van der Waals surface area contributed by atoms with E-state index < -0.39 is 9.84 Å². The number of nitrogens with zero attached hydrogens (tertiary/aromatic N) is 3. The largest absolute Gasteiger partial charge is 0.326 e. The van der Waals surface area contributed by atoms with Crippen LogP contribution in [0.3, 0.4) is 0 Å². The lowest BCUT2D eigenvalue weighted by atomic mass is 10.0. The average molecular weight is 423 g/mol. The summed E-state index contributed by atoms with van der Waals surface area (Å²) in [7, 11) is -1.09. The first-order valence-corrected chi connectivity index (χ1v) is 12.2. The molecular weight excluding hydrogens is 388 g/mol. The van der Waals surface area contributed by atoms with E-state index in [4.69, 9.17) is 0 Å². The number of likely N-dealkylation sites (tertiary alicyclic amines) is 1. The monoisotopic (exact) mass is 422 g/mol. The van der Waals surface area contributed by atoms with Gasteiger partial charge in [-0.2, -0.15) is 0 Å². The van der Waals surface area contributed by atoms with E-state index in [1.54, 1.807) is 24.3 Å². The van der Waals surface area contributed by atoms with Crippen LogP contribution in [0, 0.1) is 0 Å². The number of benzene rings is 1. The number of likely N-dealkylation sites (N-methyl/N-ethyl adjacent to an activating group) is 1. The van der Waals surface area contributed by atoms with E-state index in [0.29, 0.717) is 23.0 Å². The summed E-state index contributed by atoms with van der Waals surface area (Å²) in [6.07, 6.45) is 3.22. The van der Waals surface area contributed by atoms with Gasteiger partial charge in [-0.1, -0.05) is 0 Å². The van der Waals surface area contributed by atoms with Crippen molar-refractivity contribution in [2.45, 2.75) is 37.1 Å². The van der Waals surface area contributed by atoms with E-state index in [-0.39, 0.29) is 11.7 Å². The Morgan fingerprint density at radius 2 is 1.79 bits per heavy atom. The number of sulfone groups is 1. The van der Waals surface area contributed by atoms with E-state index >= 15 is 0 Å². The molecule has 2 heterocycles. The zero-order valence-corrected chi connectivity index (χ0v) is 18.5. The first-order chi connectivity index (χ1) is 13.8. The van der Waals surface area contributed by atoms with Crippen molar-refractivity contribution in [2.24, 2.45) is 0 Å². The highest BCUT2D eigenvalue weighted by Gasteiger charge is 2.26. The molecule has 1 atom stereocenters. The van der Waals surface area contributed by atoms with Gasteiger partial charge < -0.3 is 15.1 Å². The minimum Gasteiger partial charge on any atom is -0.326 e. The highest BCUT2D eigenvalue weighted by atomic mass is 32.2. The Balaban J connectivity index is 1.41. The number of carbonyl (C=O) groups is 1. The molecule has 2 aliphatic heterocycles. The van der Waals surface area contributed by atoms with Crippen LogP contribution in [-0.2, 0) is 14.6 Å². The van der Waals surface area contributed by atoms with Crippen molar-refractivity contribution in [3.63, 3.8) is 0 Å². The summed E-state index contributed by atoms with van der Waals surface area (Å²) in [4.78, 5) is 18.8. The fraction of sp³-hybridized carbons (Fsp3) is 0.667. The number of hydrogen-bond acceptors (Lipinski definition) is 6. The standard InChI is InChI=1S/C21H34N4O3S/c1-18(26)22-19-6-8-21(9-7-19)29(27,28)16-4-11-24-12-14-25(15-13-24)20-5-3-10-23(2)17-20/h6-9,20H,3-5,10-17H2,1-2H3,(H,22,26).